The van der Waals surface area contributed by atoms with Gasteiger partial charge in [0.05, 0.1) is 11.5 Å². The van der Waals surface area contributed by atoms with Crippen molar-refractivity contribution >= 4 is 5.91 Å². The Morgan fingerprint density at radius 3 is 2.94 bits per heavy atom. The number of carbonyl (C=O) groups excluding carboxylic acids is 1. The van der Waals surface area contributed by atoms with Gasteiger partial charge in [-0.3, -0.25) is 4.79 Å². The van der Waals surface area contributed by atoms with E-state index in [4.69, 9.17) is 10.5 Å². The smallest absolute Gasteiger partial charge is 0.224 e. The Kier molecular flexibility index (Phi) is 4.28. The van der Waals surface area contributed by atoms with Crippen LogP contribution >= 0.6 is 0 Å². The molecule has 2 fully saturated rings. The molecule has 1 aliphatic heterocycles. The van der Waals surface area contributed by atoms with Gasteiger partial charge in [-0.2, -0.15) is 0 Å². The van der Waals surface area contributed by atoms with Crippen LogP contribution in [0.1, 0.15) is 46.0 Å². The van der Waals surface area contributed by atoms with Crippen molar-refractivity contribution in [1.29, 1.82) is 0 Å². The van der Waals surface area contributed by atoms with Crippen LogP contribution in [0, 0.1) is 11.8 Å². The number of nitrogens with one attached hydrogen (secondary N) is 1. The van der Waals surface area contributed by atoms with Gasteiger partial charge in [0, 0.05) is 19.2 Å². The van der Waals surface area contributed by atoms with Crippen LogP contribution in [-0.2, 0) is 9.53 Å². The van der Waals surface area contributed by atoms with Gasteiger partial charge in [0.1, 0.15) is 0 Å². The van der Waals surface area contributed by atoms with Crippen LogP contribution < -0.4 is 11.1 Å². The lowest BCUT2D eigenvalue weighted by atomic mass is 9.78. The van der Waals surface area contributed by atoms with Crippen molar-refractivity contribution in [3.63, 3.8) is 0 Å². The number of carbonyl (C=O) groups is 1. The average Bonchev–Trinajstić information content (AvgIpc) is 2.77. The van der Waals surface area contributed by atoms with Crippen molar-refractivity contribution in [2.45, 2.75) is 57.6 Å². The molecule has 3 N–H and O–H groups in total. The Morgan fingerprint density at radius 1 is 1.50 bits per heavy atom. The molecule has 0 aromatic rings. The highest BCUT2D eigenvalue weighted by atomic mass is 16.5. The summed E-state index contributed by atoms with van der Waals surface area (Å²) in [4.78, 5) is 12.2. The van der Waals surface area contributed by atoms with Crippen molar-refractivity contribution in [3.05, 3.63) is 0 Å². The van der Waals surface area contributed by atoms with Gasteiger partial charge in [0.2, 0.25) is 5.91 Å². The van der Waals surface area contributed by atoms with Crippen LogP contribution in [0.5, 0.6) is 0 Å². The number of hydrogen-bond donors (Lipinski definition) is 2. The Balaban J connectivity index is 1.83. The first-order chi connectivity index (χ1) is 8.50. The third kappa shape index (κ3) is 3.23. The number of amides is 1. The minimum absolute atomic E-state index is 0.0150. The van der Waals surface area contributed by atoms with Crippen LogP contribution in [0.4, 0.5) is 0 Å². The number of ether oxygens (including phenoxy) is 1. The zero-order chi connectivity index (χ0) is 13.2. The standard InChI is InChI=1S/C14H26N2O2/c1-10-4-5-12(15)11(8-10)13(17)16-9-14(2)6-3-7-18-14/h10-12H,3-9,15H2,1-2H3,(H,16,17). The maximum absolute atomic E-state index is 12.2. The first-order valence-electron chi connectivity index (χ1n) is 7.17. The van der Waals surface area contributed by atoms with Crippen LogP contribution in [0.15, 0.2) is 0 Å². The van der Waals surface area contributed by atoms with Crippen molar-refractivity contribution in [2.75, 3.05) is 13.2 Å². The first-order valence-corrected chi connectivity index (χ1v) is 7.17. The summed E-state index contributed by atoms with van der Waals surface area (Å²) in [5.74, 6) is 0.711. The van der Waals surface area contributed by atoms with Crippen molar-refractivity contribution in [3.8, 4) is 0 Å². The van der Waals surface area contributed by atoms with Gasteiger partial charge in [-0.25, -0.2) is 0 Å². The van der Waals surface area contributed by atoms with E-state index in [0.717, 1.165) is 38.7 Å². The molecular formula is C14H26N2O2. The van der Waals surface area contributed by atoms with Crippen LogP contribution in [0.3, 0.4) is 0 Å². The molecule has 1 heterocycles. The normalized spacial score (nSPS) is 40.7. The molecule has 0 bridgehead atoms. The highest BCUT2D eigenvalue weighted by molar-refractivity contribution is 5.79. The van der Waals surface area contributed by atoms with Crippen molar-refractivity contribution in [1.82, 2.24) is 5.32 Å². The van der Waals surface area contributed by atoms with Crippen LogP contribution in [-0.4, -0.2) is 30.7 Å². The van der Waals surface area contributed by atoms with E-state index in [1.807, 2.05) is 0 Å². The van der Waals surface area contributed by atoms with E-state index in [-0.39, 0.29) is 23.5 Å². The summed E-state index contributed by atoms with van der Waals surface area (Å²) >= 11 is 0. The van der Waals surface area contributed by atoms with Crippen LogP contribution in [0.25, 0.3) is 0 Å². The summed E-state index contributed by atoms with van der Waals surface area (Å²) in [7, 11) is 0. The van der Waals surface area contributed by atoms with Crippen LogP contribution in [0.2, 0.25) is 0 Å². The molecule has 4 atom stereocenters. The molecule has 18 heavy (non-hydrogen) atoms. The average molecular weight is 254 g/mol. The van der Waals surface area contributed by atoms with E-state index in [1.54, 1.807) is 0 Å². The number of rotatable bonds is 3. The summed E-state index contributed by atoms with van der Waals surface area (Å²) in [6, 6.07) is 0.0264. The zero-order valence-corrected chi connectivity index (χ0v) is 11.6. The SMILES string of the molecule is CC1CCC(N)C(C(=O)NCC2(C)CCCO2)C1. The second kappa shape index (κ2) is 5.57. The maximum atomic E-state index is 12.2. The maximum Gasteiger partial charge on any atom is 0.224 e. The Labute approximate surface area is 110 Å². The van der Waals surface area contributed by atoms with E-state index < -0.39 is 0 Å². The van der Waals surface area contributed by atoms with Gasteiger partial charge in [0.15, 0.2) is 0 Å². The molecule has 0 radical (unpaired) electrons. The summed E-state index contributed by atoms with van der Waals surface area (Å²) in [5, 5.41) is 3.04. The van der Waals surface area contributed by atoms with E-state index in [0.29, 0.717) is 12.5 Å². The Morgan fingerprint density at radius 2 is 2.28 bits per heavy atom. The molecule has 1 amide bonds. The summed E-state index contributed by atoms with van der Waals surface area (Å²) in [6.45, 7) is 5.70. The fraction of sp³-hybridized carbons (Fsp3) is 0.929. The molecule has 4 unspecified atom stereocenters. The van der Waals surface area contributed by atoms with Gasteiger partial charge >= 0.3 is 0 Å². The van der Waals surface area contributed by atoms with E-state index in [1.165, 1.54) is 0 Å². The molecule has 104 valence electrons. The molecule has 2 rings (SSSR count). The highest BCUT2D eigenvalue weighted by Gasteiger charge is 2.34. The molecule has 4 nitrogen and oxygen atoms in total. The van der Waals surface area contributed by atoms with Gasteiger partial charge in [0.25, 0.3) is 0 Å². The molecule has 0 aromatic carbocycles. The summed E-state index contributed by atoms with van der Waals surface area (Å²) in [6.07, 6.45) is 5.15. The lowest BCUT2D eigenvalue weighted by molar-refractivity contribution is -0.128. The van der Waals surface area contributed by atoms with E-state index in [2.05, 4.69) is 19.2 Å². The molecule has 1 saturated heterocycles. The van der Waals surface area contributed by atoms with Gasteiger partial charge in [-0.05, 0) is 44.9 Å². The second-order valence-electron chi connectivity index (χ2n) is 6.31. The second-order valence-corrected chi connectivity index (χ2v) is 6.31. The lowest BCUT2D eigenvalue weighted by Crippen LogP contribution is -2.48. The fourth-order valence-electron chi connectivity index (χ4n) is 3.09. The minimum Gasteiger partial charge on any atom is -0.373 e. The lowest BCUT2D eigenvalue weighted by Gasteiger charge is -2.32. The molecule has 1 aliphatic carbocycles. The number of nitrogens with two attached hydrogens (primary N) is 1. The third-order valence-corrected chi connectivity index (χ3v) is 4.44. The van der Waals surface area contributed by atoms with E-state index in [9.17, 15) is 4.79 Å². The largest absolute Gasteiger partial charge is 0.373 e. The topological polar surface area (TPSA) is 64.4 Å². The van der Waals surface area contributed by atoms with Gasteiger partial charge in [-0.15, -0.1) is 0 Å². The summed E-state index contributed by atoms with van der Waals surface area (Å²) in [5.41, 5.74) is 5.90. The van der Waals surface area contributed by atoms with Gasteiger partial charge < -0.3 is 15.8 Å². The molecule has 0 spiro atoms. The molecular weight excluding hydrogens is 228 g/mol. The highest BCUT2D eigenvalue weighted by Crippen LogP contribution is 2.29. The molecule has 1 saturated carbocycles. The first kappa shape index (κ1) is 13.8. The van der Waals surface area contributed by atoms with E-state index >= 15 is 0 Å². The minimum atomic E-state index is -0.167. The third-order valence-electron chi connectivity index (χ3n) is 4.44. The quantitative estimate of drug-likeness (QED) is 0.801. The Bertz CT molecular complexity index is 300. The fourth-order valence-corrected chi connectivity index (χ4v) is 3.09. The van der Waals surface area contributed by atoms with Crippen molar-refractivity contribution in [2.24, 2.45) is 17.6 Å². The zero-order valence-electron chi connectivity index (χ0n) is 11.6. The number of hydrogen-bond acceptors (Lipinski definition) is 3. The predicted octanol–water partition coefficient (Wildman–Crippen LogP) is 1.44. The van der Waals surface area contributed by atoms with Crippen molar-refractivity contribution < 1.29 is 9.53 Å². The molecule has 2 aliphatic rings. The monoisotopic (exact) mass is 254 g/mol. The molecule has 4 heteroatoms. The molecule has 0 aromatic heterocycles. The summed E-state index contributed by atoms with van der Waals surface area (Å²) < 4.78 is 5.68. The van der Waals surface area contributed by atoms with Gasteiger partial charge in [-0.1, -0.05) is 6.92 Å². The Hall–Kier alpha value is -0.610. The predicted molar refractivity (Wildman–Crippen MR) is 71.1 cm³/mol.